The highest BCUT2D eigenvalue weighted by atomic mass is 16.4. The van der Waals surface area contributed by atoms with Crippen LogP contribution in [-0.2, 0) is 11.4 Å². The fraction of sp³-hybridized carbons (Fsp3) is 0.200. The van der Waals surface area contributed by atoms with E-state index in [4.69, 9.17) is 10.2 Å². The quantitative estimate of drug-likeness (QED) is 0.688. The summed E-state index contributed by atoms with van der Waals surface area (Å²) in [5, 5.41) is 20.2. The van der Waals surface area contributed by atoms with Crippen molar-refractivity contribution in [3.63, 3.8) is 0 Å². The Labute approximate surface area is 86.4 Å². The lowest BCUT2D eigenvalue weighted by molar-refractivity contribution is -0.114. The molecule has 1 aromatic carbocycles. The third-order valence-electron chi connectivity index (χ3n) is 1.83. The zero-order chi connectivity index (χ0) is 11.4. The van der Waals surface area contributed by atoms with Crippen LogP contribution in [0.4, 0.5) is 5.69 Å². The number of carboxylic acids is 1. The molecule has 0 atom stereocenters. The zero-order valence-corrected chi connectivity index (χ0v) is 8.15. The predicted molar refractivity (Wildman–Crippen MR) is 53.6 cm³/mol. The van der Waals surface area contributed by atoms with Gasteiger partial charge in [0, 0.05) is 12.6 Å². The number of hydrogen-bond acceptors (Lipinski definition) is 3. The lowest BCUT2D eigenvalue weighted by atomic mass is 10.1. The Morgan fingerprint density at radius 1 is 1.40 bits per heavy atom. The van der Waals surface area contributed by atoms with Gasteiger partial charge in [-0.25, -0.2) is 4.79 Å². The molecule has 0 radical (unpaired) electrons. The molecule has 0 aromatic heterocycles. The molecule has 0 saturated carbocycles. The van der Waals surface area contributed by atoms with E-state index in [0.717, 1.165) is 0 Å². The van der Waals surface area contributed by atoms with Crippen LogP contribution in [-0.4, -0.2) is 22.1 Å². The molecule has 5 nitrogen and oxygen atoms in total. The minimum Gasteiger partial charge on any atom is -0.478 e. The van der Waals surface area contributed by atoms with E-state index >= 15 is 0 Å². The van der Waals surface area contributed by atoms with Gasteiger partial charge in [-0.1, -0.05) is 0 Å². The molecular formula is C10H11NO4. The first kappa shape index (κ1) is 11.2. The van der Waals surface area contributed by atoms with Gasteiger partial charge in [-0.2, -0.15) is 0 Å². The molecule has 1 aromatic rings. The van der Waals surface area contributed by atoms with Gasteiger partial charge in [-0.05, 0) is 23.8 Å². The SMILES string of the molecule is CC(=O)Nc1ccc(C(=O)O)c(CO)c1. The minimum atomic E-state index is -1.10. The first-order valence-corrected chi connectivity index (χ1v) is 4.29. The molecule has 0 heterocycles. The maximum Gasteiger partial charge on any atom is 0.336 e. The predicted octanol–water partition coefficient (Wildman–Crippen LogP) is 0.835. The van der Waals surface area contributed by atoms with Crippen LogP contribution in [0, 0.1) is 0 Å². The van der Waals surface area contributed by atoms with Crippen molar-refractivity contribution in [1.29, 1.82) is 0 Å². The first-order chi connectivity index (χ1) is 7.04. The molecule has 0 aliphatic heterocycles. The van der Waals surface area contributed by atoms with Gasteiger partial charge < -0.3 is 15.5 Å². The average molecular weight is 209 g/mol. The van der Waals surface area contributed by atoms with Crippen molar-refractivity contribution in [2.45, 2.75) is 13.5 Å². The largest absolute Gasteiger partial charge is 0.478 e. The molecule has 0 spiro atoms. The average Bonchev–Trinajstić information content (AvgIpc) is 2.16. The summed E-state index contributed by atoms with van der Waals surface area (Å²) in [6.07, 6.45) is 0. The fourth-order valence-corrected chi connectivity index (χ4v) is 1.21. The lowest BCUT2D eigenvalue weighted by Crippen LogP contribution is -2.08. The molecule has 0 aliphatic rings. The van der Waals surface area contributed by atoms with Crippen LogP contribution in [0.3, 0.4) is 0 Å². The van der Waals surface area contributed by atoms with Crippen molar-refractivity contribution in [2.75, 3.05) is 5.32 Å². The number of aliphatic hydroxyl groups excluding tert-OH is 1. The number of aromatic carboxylic acids is 1. The van der Waals surface area contributed by atoms with Crippen LogP contribution in [0.25, 0.3) is 0 Å². The number of anilines is 1. The van der Waals surface area contributed by atoms with E-state index < -0.39 is 5.97 Å². The van der Waals surface area contributed by atoms with Gasteiger partial charge in [-0.15, -0.1) is 0 Å². The van der Waals surface area contributed by atoms with E-state index in [2.05, 4.69) is 5.32 Å². The molecule has 5 heteroatoms. The van der Waals surface area contributed by atoms with Gasteiger partial charge in [0.1, 0.15) is 0 Å². The number of hydrogen-bond donors (Lipinski definition) is 3. The van der Waals surface area contributed by atoms with E-state index in [1.165, 1.54) is 25.1 Å². The fourth-order valence-electron chi connectivity index (χ4n) is 1.21. The topological polar surface area (TPSA) is 86.6 Å². The van der Waals surface area contributed by atoms with Gasteiger partial charge in [0.25, 0.3) is 0 Å². The Balaban J connectivity index is 3.07. The number of carbonyl (C=O) groups excluding carboxylic acids is 1. The third-order valence-corrected chi connectivity index (χ3v) is 1.83. The van der Waals surface area contributed by atoms with Crippen molar-refractivity contribution >= 4 is 17.6 Å². The summed E-state index contributed by atoms with van der Waals surface area (Å²) in [4.78, 5) is 21.5. The zero-order valence-electron chi connectivity index (χ0n) is 8.15. The summed E-state index contributed by atoms with van der Waals surface area (Å²) >= 11 is 0. The standard InChI is InChI=1S/C10H11NO4/c1-6(13)11-8-2-3-9(10(14)15)7(4-8)5-12/h2-4,12H,5H2,1H3,(H,11,13)(H,14,15). The van der Waals surface area contributed by atoms with Crippen molar-refractivity contribution in [1.82, 2.24) is 0 Å². The summed E-state index contributed by atoms with van der Waals surface area (Å²) in [7, 11) is 0. The molecule has 0 fully saturated rings. The van der Waals surface area contributed by atoms with E-state index in [9.17, 15) is 9.59 Å². The minimum absolute atomic E-state index is 0.0339. The summed E-state index contributed by atoms with van der Waals surface area (Å²) in [6, 6.07) is 4.26. The molecule has 3 N–H and O–H groups in total. The molecule has 0 bridgehead atoms. The maximum atomic E-state index is 10.7. The van der Waals surface area contributed by atoms with Crippen molar-refractivity contribution < 1.29 is 19.8 Å². The second-order valence-corrected chi connectivity index (χ2v) is 3.02. The highest BCUT2D eigenvalue weighted by Crippen LogP contribution is 2.16. The number of nitrogens with one attached hydrogen (secondary N) is 1. The van der Waals surface area contributed by atoms with E-state index in [-0.39, 0.29) is 23.6 Å². The van der Waals surface area contributed by atoms with Gasteiger partial charge in [0.05, 0.1) is 12.2 Å². The van der Waals surface area contributed by atoms with E-state index in [1.54, 1.807) is 0 Å². The number of amides is 1. The first-order valence-electron chi connectivity index (χ1n) is 4.29. The normalized spacial score (nSPS) is 9.73. The highest BCUT2D eigenvalue weighted by Gasteiger charge is 2.09. The molecule has 0 unspecified atom stereocenters. The van der Waals surface area contributed by atoms with Crippen LogP contribution in [0.2, 0.25) is 0 Å². The molecular weight excluding hydrogens is 198 g/mol. The summed E-state index contributed by atoms with van der Waals surface area (Å²) < 4.78 is 0. The number of benzene rings is 1. The third kappa shape index (κ3) is 2.78. The van der Waals surface area contributed by atoms with Gasteiger partial charge >= 0.3 is 5.97 Å². The van der Waals surface area contributed by atoms with Crippen molar-refractivity contribution in [2.24, 2.45) is 0 Å². The van der Waals surface area contributed by atoms with E-state index in [0.29, 0.717) is 5.69 Å². The van der Waals surface area contributed by atoms with Crippen LogP contribution in [0.5, 0.6) is 0 Å². The Morgan fingerprint density at radius 3 is 2.53 bits per heavy atom. The smallest absolute Gasteiger partial charge is 0.336 e. The number of aliphatic hydroxyl groups is 1. The van der Waals surface area contributed by atoms with Crippen LogP contribution < -0.4 is 5.32 Å². The molecule has 1 amide bonds. The summed E-state index contributed by atoms with van der Waals surface area (Å²) in [5.41, 5.74) is 0.775. The van der Waals surface area contributed by atoms with E-state index in [1.807, 2.05) is 0 Å². The summed E-state index contributed by atoms with van der Waals surface area (Å²) in [6.45, 7) is 0.971. The highest BCUT2D eigenvalue weighted by molar-refractivity contribution is 5.92. The second kappa shape index (κ2) is 4.56. The molecule has 0 saturated heterocycles. The summed E-state index contributed by atoms with van der Waals surface area (Å²) in [5.74, 6) is -1.35. The van der Waals surface area contributed by atoms with Gasteiger partial charge in [-0.3, -0.25) is 4.79 Å². The lowest BCUT2D eigenvalue weighted by Gasteiger charge is -2.06. The number of rotatable bonds is 3. The molecule has 1 rings (SSSR count). The van der Waals surface area contributed by atoms with Crippen LogP contribution >= 0.6 is 0 Å². The number of carboxylic acid groups (broad SMARTS) is 1. The monoisotopic (exact) mass is 209 g/mol. The Morgan fingerprint density at radius 2 is 2.07 bits per heavy atom. The molecule has 0 aliphatic carbocycles. The molecule has 80 valence electrons. The van der Waals surface area contributed by atoms with Crippen molar-refractivity contribution in [3.05, 3.63) is 29.3 Å². The Hall–Kier alpha value is -1.88. The van der Waals surface area contributed by atoms with Crippen LogP contribution in [0.15, 0.2) is 18.2 Å². The Bertz CT molecular complexity index is 400. The molecule has 15 heavy (non-hydrogen) atoms. The maximum absolute atomic E-state index is 10.7. The van der Waals surface area contributed by atoms with Crippen LogP contribution in [0.1, 0.15) is 22.8 Å². The van der Waals surface area contributed by atoms with Gasteiger partial charge in [0.15, 0.2) is 0 Å². The Kier molecular flexibility index (Phi) is 3.41. The number of carbonyl (C=O) groups is 2. The van der Waals surface area contributed by atoms with Gasteiger partial charge in [0.2, 0.25) is 5.91 Å². The van der Waals surface area contributed by atoms with Crippen molar-refractivity contribution in [3.8, 4) is 0 Å². The second-order valence-electron chi connectivity index (χ2n) is 3.02.